The highest BCUT2D eigenvalue weighted by molar-refractivity contribution is 6.44. The summed E-state index contributed by atoms with van der Waals surface area (Å²) in [7, 11) is 0. The van der Waals surface area contributed by atoms with E-state index in [4.69, 9.17) is 11.6 Å². The number of halogens is 1. The molecule has 0 saturated carbocycles. The van der Waals surface area contributed by atoms with Gasteiger partial charge in [0.2, 0.25) is 0 Å². The van der Waals surface area contributed by atoms with Crippen LogP contribution in [-0.4, -0.2) is 23.0 Å². The van der Waals surface area contributed by atoms with Crippen LogP contribution in [0.2, 0.25) is 0 Å². The minimum Gasteiger partial charge on any atom is -0.309 e. The van der Waals surface area contributed by atoms with E-state index in [1.54, 1.807) is 0 Å². The van der Waals surface area contributed by atoms with Crippen LogP contribution in [0.4, 0.5) is 5.82 Å². The Labute approximate surface area is 100 Å². The topological polar surface area (TPSA) is 42.2 Å². The van der Waals surface area contributed by atoms with Crippen LogP contribution in [0.25, 0.3) is 5.16 Å². The second kappa shape index (κ2) is 4.80. The van der Waals surface area contributed by atoms with Gasteiger partial charge in [0.25, 0.3) is 0 Å². The Bertz CT molecular complexity index is 404. The van der Waals surface area contributed by atoms with Crippen LogP contribution in [0.3, 0.4) is 0 Å². The third kappa shape index (κ3) is 2.18. The van der Waals surface area contributed by atoms with E-state index in [1.165, 1.54) is 17.5 Å². The number of piperidine rings is 1. The van der Waals surface area contributed by atoms with Crippen LogP contribution >= 0.6 is 11.6 Å². The molecule has 1 atom stereocenters. The van der Waals surface area contributed by atoms with Gasteiger partial charge in [-0.2, -0.15) is 5.10 Å². The van der Waals surface area contributed by atoms with Crippen molar-refractivity contribution in [3.05, 3.63) is 18.3 Å². The molecule has 1 aliphatic rings. The maximum absolute atomic E-state index is 5.84. The smallest absolute Gasteiger partial charge is 0.156 e. The Morgan fingerprint density at radius 1 is 1.62 bits per heavy atom. The third-order valence-corrected chi connectivity index (χ3v) is 2.93. The van der Waals surface area contributed by atoms with Crippen LogP contribution < -0.4 is 5.32 Å². The Hall–Kier alpha value is -1.13. The first-order valence-corrected chi connectivity index (χ1v) is 5.75. The van der Waals surface area contributed by atoms with Gasteiger partial charge in [0, 0.05) is 6.07 Å². The molecule has 1 unspecified atom stereocenters. The molecule has 1 aliphatic heterocycles. The Morgan fingerprint density at radius 2 is 2.44 bits per heavy atom. The van der Waals surface area contributed by atoms with Crippen LogP contribution in [0.1, 0.15) is 31.0 Å². The van der Waals surface area contributed by atoms with E-state index in [-0.39, 0.29) is 0 Å². The molecule has 1 aromatic heterocycles. The Morgan fingerprint density at radius 3 is 2.94 bits per heavy atom. The standard InChI is InChI=1S/C11H15ClN4/c1-8(12)16-11(13-2)7-10(15-16)9-5-3-4-6-14-9/h7,9,14H,1-6H2. The third-order valence-electron chi connectivity index (χ3n) is 2.77. The highest BCUT2D eigenvalue weighted by atomic mass is 35.5. The van der Waals surface area contributed by atoms with Crippen molar-refractivity contribution in [2.75, 3.05) is 6.54 Å². The average molecular weight is 239 g/mol. The first-order chi connectivity index (χ1) is 7.72. The monoisotopic (exact) mass is 238 g/mol. The van der Waals surface area contributed by atoms with Crippen molar-refractivity contribution in [2.45, 2.75) is 25.3 Å². The van der Waals surface area contributed by atoms with Crippen molar-refractivity contribution in [3.63, 3.8) is 0 Å². The lowest BCUT2D eigenvalue weighted by Crippen LogP contribution is -2.27. The molecule has 2 heterocycles. The highest BCUT2D eigenvalue weighted by Crippen LogP contribution is 2.27. The summed E-state index contributed by atoms with van der Waals surface area (Å²) in [6, 6.07) is 2.20. The quantitative estimate of drug-likeness (QED) is 0.823. The molecule has 0 amide bonds. The molecule has 1 aromatic rings. The van der Waals surface area contributed by atoms with Gasteiger partial charge in [0.15, 0.2) is 5.82 Å². The molecule has 86 valence electrons. The molecule has 0 radical (unpaired) electrons. The minimum absolute atomic E-state index is 0.298. The Balaban J connectivity index is 2.27. The van der Waals surface area contributed by atoms with Gasteiger partial charge in [0.05, 0.1) is 11.7 Å². The zero-order chi connectivity index (χ0) is 11.5. The van der Waals surface area contributed by atoms with E-state index in [2.05, 4.69) is 28.7 Å². The normalized spacial score (nSPS) is 20.7. The molecule has 1 fully saturated rings. The fraction of sp³-hybridized carbons (Fsp3) is 0.455. The number of nitrogens with zero attached hydrogens (tertiary/aromatic N) is 3. The van der Waals surface area contributed by atoms with Gasteiger partial charge in [0.1, 0.15) is 5.16 Å². The molecule has 4 nitrogen and oxygen atoms in total. The number of aromatic nitrogens is 2. The second-order valence-electron chi connectivity index (χ2n) is 3.88. The summed E-state index contributed by atoms with van der Waals surface area (Å²) in [5, 5.41) is 8.16. The largest absolute Gasteiger partial charge is 0.309 e. The predicted octanol–water partition coefficient (Wildman–Crippen LogP) is 2.70. The van der Waals surface area contributed by atoms with Crippen LogP contribution in [-0.2, 0) is 0 Å². The molecule has 0 aliphatic carbocycles. The maximum atomic E-state index is 5.84. The SMILES string of the molecule is C=Nc1cc(C2CCCCN2)nn1C(=C)Cl. The molecule has 16 heavy (non-hydrogen) atoms. The lowest BCUT2D eigenvalue weighted by atomic mass is 10.0. The molecule has 1 saturated heterocycles. The average Bonchev–Trinajstić information content (AvgIpc) is 2.74. The lowest BCUT2D eigenvalue weighted by molar-refractivity contribution is 0.404. The first-order valence-electron chi connectivity index (χ1n) is 5.37. The zero-order valence-corrected chi connectivity index (χ0v) is 9.87. The lowest BCUT2D eigenvalue weighted by Gasteiger charge is -2.21. The highest BCUT2D eigenvalue weighted by Gasteiger charge is 2.19. The number of nitrogens with one attached hydrogen (secondary N) is 1. The van der Waals surface area contributed by atoms with Crippen molar-refractivity contribution in [1.82, 2.24) is 15.1 Å². The van der Waals surface area contributed by atoms with Gasteiger partial charge in [-0.3, -0.25) is 0 Å². The van der Waals surface area contributed by atoms with Gasteiger partial charge < -0.3 is 5.32 Å². The van der Waals surface area contributed by atoms with E-state index >= 15 is 0 Å². The van der Waals surface area contributed by atoms with E-state index < -0.39 is 0 Å². The summed E-state index contributed by atoms with van der Waals surface area (Å²) in [5.74, 6) is 0.641. The molecule has 0 bridgehead atoms. The summed E-state index contributed by atoms with van der Waals surface area (Å²) in [5.41, 5.74) is 0.962. The summed E-state index contributed by atoms with van der Waals surface area (Å²) < 4.78 is 1.51. The van der Waals surface area contributed by atoms with Crippen LogP contribution in [0, 0.1) is 0 Å². The van der Waals surface area contributed by atoms with Gasteiger partial charge >= 0.3 is 0 Å². The number of rotatable bonds is 3. The van der Waals surface area contributed by atoms with Crippen molar-refractivity contribution in [2.24, 2.45) is 4.99 Å². The molecule has 5 heteroatoms. The zero-order valence-electron chi connectivity index (χ0n) is 9.12. The summed E-state index contributed by atoms with van der Waals surface area (Å²) in [6.45, 7) is 8.19. The summed E-state index contributed by atoms with van der Waals surface area (Å²) >= 11 is 5.84. The number of aliphatic imine (C=N–C) groups is 1. The molecule has 0 aromatic carbocycles. The maximum Gasteiger partial charge on any atom is 0.156 e. The first kappa shape index (κ1) is 11.4. The van der Waals surface area contributed by atoms with Crippen molar-refractivity contribution >= 4 is 29.3 Å². The molecule has 1 N–H and O–H groups in total. The van der Waals surface area contributed by atoms with Gasteiger partial charge in [-0.25, -0.2) is 9.67 Å². The van der Waals surface area contributed by atoms with E-state index in [0.29, 0.717) is 17.0 Å². The van der Waals surface area contributed by atoms with Gasteiger partial charge in [-0.15, -0.1) is 0 Å². The number of hydrogen-bond acceptors (Lipinski definition) is 3. The van der Waals surface area contributed by atoms with E-state index in [1.807, 2.05) is 6.07 Å². The fourth-order valence-corrected chi connectivity index (χ4v) is 2.08. The molecular formula is C11H15ClN4. The fourth-order valence-electron chi connectivity index (χ4n) is 1.95. The summed E-state index contributed by atoms with van der Waals surface area (Å²) in [6.07, 6.45) is 3.55. The second-order valence-corrected chi connectivity index (χ2v) is 4.31. The predicted molar refractivity (Wildman–Crippen MR) is 67.2 cm³/mol. The molecule has 2 rings (SSSR count). The van der Waals surface area contributed by atoms with Gasteiger partial charge in [-0.05, 0) is 26.1 Å². The van der Waals surface area contributed by atoms with E-state index in [9.17, 15) is 0 Å². The minimum atomic E-state index is 0.298. The molecular weight excluding hydrogens is 224 g/mol. The number of hydrogen-bond donors (Lipinski definition) is 1. The summed E-state index contributed by atoms with van der Waals surface area (Å²) in [4.78, 5) is 3.88. The van der Waals surface area contributed by atoms with Crippen LogP contribution in [0.5, 0.6) is 0 Å². The molecule has 0 spiro atoms. The van der Waals surface area contributed by atoms with E-state index in [0.717, 1.165) is 18.7 Å². The Kier molecular flexibility index (Phi) is 3.41. The van der Waals surface area contributed by atoms with Crippen LogP contribution in [0.15, 0.2) is 17.6 Å². The van der Waals surface area contributed by atoms with Crippen molar-refractivity contribution < 1.29 is 0 Å². The van der Waals surface area contributed by atoms with Crippen molar-refractivity contribution in [1.29, 1.82) is 0 Å². The van der Waals surface area contributed by atoms with Crippen molar-refractivity contribution in [3.8, 4) is 0 Å². The van der Waals surface area contributed by atoms with Gasteiger partial charge in [-0.1, -0.05) is 24.6 Å².